The van der Waals surface area contributed by atoms with Crippen molar-refractivity contribution in [3.05, 3.63) is 22.4 Å². The molecular weight excluding hydrogens is 256 g/mol. The molecule has 4 heteroatoms. The summed E-state index contributed by atoms with van der Waals surface area (Å²) in [5, 5.41) is 2.08. The molecule has 1 aliphatic heterocycles. The van der Waals surface area contributed by atoms with Gasteiger partial charge in [-0.15, -0.1) is 11.3 Å². The molecule has 1 fully saturated rings. The summed E-state index contributed by atoms with van der Waals surface area (Å²) in [6.45, 7) is 7.72. The molecular formula is C15H24N2OS. The molecule has 0 saturated carbocycles. The Hall–Kier alpha value is -0.870. The summed E-state index contributed by atoms with van der Waals surface area (Å²) in [6.07, 6.45) is 1.24. The van der Waals surface area contributed by atoms with Gasteiger partial charge in [-0.2, -0.15) is 0 Å². The first-order chi connectivity index (χ1) is 9.04. The quantitative estimate of drug-likeness (QED) is 0.846. The molecule has 0 aliphatic carbocycles. The molecule has 0 spiro atoms. The standard InChI is InChI=1S/C15H24N2OS/c1-12-7-13(2)9-17(8-12)15(18)11-16(3)10-14-5-4-6-19-14/h4-6,12-13H,7-11H2,1-3H3. The van der Waals surface area contributed by atoms with E-state index in [4.69, 9.17) is 0 Å². The minimum Gasteiger partial charge on any atom is -0.341 e. The van der Waals surface area contributed by atoms with E-state index in [0.29, 0.717) is 18.4 Å². The van der Waals surface area contributed by atoms with Crippen LogP contribution in [0.1, 0.15) is 25.1 Å². The van der Waals surface area contributed by atoms with Gasteiger partial charge in [-0.3, -0.25) is 9.69 Å². The molecule has 1 aromatic heterocycles. The van der Waals surface area contributed by atoms with Crippen LogP contribution in [0.25, 0.3) is 0 Å². The number of carbonyl (C=O) groups is 1. The van der Waals surface area contributed by atoms with Crippen LogP contribution in [0.15, 0.2) is 17.5 Å². The highest BCUT2D eigenvalue weighted by molar-refractivity contribution is 7.09. The minimum absolute atomic E-state index is 0.275. The van der Waals surface area contributed by atoms with Crippen molar-refractivity contribution in [3.8, 4) is 0 Å². The fraction of sp³-hybridized carbons (Fsp3) is 0.667. The van der Waals surface area contributed by atoms with E-state index >= 15 is 0 Å². The fourth-order valence-electron chi connectivity index (χ4n) is 2.92. The smallest absolute Gasteiger partial charge is 0.236 e. The van der Waals surface area contributed by atoms with E-state index in [2.05, 4.69) is 36.3 Å². The molecule has 0 N–H and O–H groups in total. The highest BCUT2D eigenvalue weighted by Crippen LogP contribution is 2.21. The third-order valence-electron chi connectivity index (χ3n) is 3.63. The second-order valence-corrected chi connectivity index (χ2v) is 7.03. The number of amides is 1. The van der Waals surface area contributed by atoms with E-state index in [1.807, 2.05) is 11.9 Å². The Bertz CT molecular complexity index is 394. The van der Waals surface area contributed by atoms with E-state index in [-0.39, 0.29) is 5.91 Å². The molecule has 1 saturated heterocycles. The number of piperidine rings is 1. The van der Waals surface area contributed by atoms with Crippen molar-refractivity contribution < 1.29 is 4.79 Å². The van der Waals surface area contributed by atoms with Crippen molar-refractivity contribution in [2.75, 3.05) is 26.7 Å². The summed E-state index contributed by atoms with van der Waals surface area (Å²) >= 11 is 1.75. The Morgan fingerprint density at radius 2 is 2.11 bits per heavy atom. The van der Waals surface area contributed by atoms with Gasteiger partial charge in [0.1, 0.15) is 0 Å². The van der Waals surface area contributed by atoms with E-state index in [1.165, 1.54) is 11.3 Å². The van der Waals surface area contributed by atoms with E-state index in [1.54, 1.807) is 11.3 Å². The largest absolute Gasteiger partial charge is 0.341 e. The van der Waals surface area contributed by atoms with Gasteiger partial charge in [0.05, 0.1) is 6.54 Å². The Labute approximate surface area is 120 Å². The number of likely N-dealkylation sites (tertiary alicyclic amines) is 1. The van der Waals surface area contributed by atoms with Crippen LogP contribution in [0.3, 0.4) is 0 Å². The minimum atomic E-state index is 0.275. The van der Waals surface area contributed by atoms with Crippen molar-refractivity contribution in [3.63, 3.8) is 0 Å². The second kappa shape index (κ2) is 6.53. The summed E-state index contributed by atoms with van der Waals surface area (Å²) in [5.74, 6) is 1.54. The number of nitrogens with zero attached hydrogens (tertiary/aromatic N) is 2. The third kappa shape index (κ3) is 4.32. The first-order valence-corrected chi connectivity index (χ1v) is 7.91. The molecule has 2 heterocycles. The number of carbonyl (C=O) groups excluding carboxylic acids is 1. The van der Waals surface area contributed by atoms with Crippen LogP contribution in [-0.4, -0.2) is 42.4 Å². The SMILES string of the molecule is CC1CC(C)CN(C(=O)CN(C)Cc2cccs2)C1. The topological polar surface area (TPSA) is 23.6 Å². The van der Waals surface area contributed by atoms with Crippen LogP contribution < -0.4 is 0 Å². The number of rotatable bonds is 4. The van der Waals surface area contributed by atoms with E-state index in [9.17, 15) is 4.79 Å². The summed E-state index contributed by atoms with van der Waals surface area (Å²) in [6, 6.07) is 4.18. The van der Waals surface area contributed by atoms with E-state index < -0.39 is 0 Å². The summed E-state index contributed by atoms with van der Waals surface area (Å²) < 4.78 is 0. The predicted molar refractivity (Wildman–Crippen MR) is 80.2 cm³/mol. The Morgan fingerprint density at radius 1 is 1.42 bits per heavy atom. The molecule has 3 nitrogen and oxygen atoms in total. The summed E-state index contributed by atoms with van der Waals surface area (Å²) in [7, 11) is 2.02. The molecule has 19 heavy (non-hydrogen) atoms. The monoisotopic (exact) mass is 280 g/mol. The number of hydrogen-bond donors (Lipinski definition) is 0. The molecule has 0 radical (unpaired) electrons. The van der Waals surface area contributed by atoms with Crippen LogP contribution in [0.2, 0.25) is 0 Å². The van der Waals surface area contributed by atoms with Gasteiger partial charge in [0, 0.05) is 24.5 Å². The van der Waals surface area contributed by atoms with Crippen LogP contribution in [-0.2, 0) is 11.3 Å². The molecule has 1 aromatic rings. The first-order valence-electron chi connectivity index (χ1n) is 7.03. The average Bonchev–Trinajstić information content (AvgIpc) is 2.80. The van der Waals surface area contributed by atoms with Crippen LogP contribution in [0, 0.1) is 11.8 Å². The zero-order chi connectivity index (χ0) is 13.8. The first kappa shape index (κ1) is 14.5. The van der Waals surface area contributed by atoms with Gasteiger partial charge in [-0.1, -0.05) is 19.9 Å². The van der Waals surface area contributed by atoms with Crippen molar-refractivity contribution in [2.45, 2.75) is 26.8 Å². The summed E-state index contributed by atoms with van der Waals surface area (Å²) in [4.78, 5) is 17.8. The van der Waals surface area contributed by atoms with Crippen molar-refractivity contribution in [1.29, 1.82) is 0 Å². The maximum atomic E-state index is 12.3. The molecule has 2 atom stereocenters. The van der Waals surface area contributed by atoms with Gasteiger partial charge < -0.3 is 4.90 Å². The van der Waals surface area contributed by atoms with Gasteiger partial charge in [-0.25, -0.2) is 0 Å². The normalized spacial score (nSPS) is 23.9. The lowest BCUT2D eigenvalue weighted by Gasteiger charge is -2.35. The second-order valence-electron chi connectivity index (χ2n) is 6.00. The van der Waals surface area contributed by atoms with Gasteiger partial charge in [0.25, 0.3) is 0 Å². The molecule has 2 rings (SSSR count). The average molecular weight is 280 g/mol. The lowest BCUT2D eigenvalue weighted by Crippen LogP contribution is -2.46. The fourth-order valence-corrected chi connectivity index (χ4v) is 3.71. The zero-order valence-corrected chi connectivity index (χ0v) is 12.9. The van der Waals surface area contributed by atoms with Crippen molar-refractivity contribution in [2.24, 2.45) is 11.8 Å². The molecule has 1 amide bonds. The predicted octanol–water partition coefficient (Wildman–Crippen LogP) is 2.68. The van der Waals surface area contributed by atoms with Crippen molar-refractivity contribution >= 4 is 17.2 Å². The molecule has 2 unspecified atom stereocenters. The number of thiophene rings is 1. The van der Waals surface area contributed by atoms with Gasteiger partial charge in [-0.05, 0) is 36.8 Å². The lowest BCUT2D eigenvalue weighted by molar-refractivity contribution is -0.134. The highest BCUT2D eigenvalue weighted by Gasteiger charge is 2.25. The van der Waals surface area contributed by atoms with Crippen LogP contribution >= 0.6 is 11.3 Å². The Balaban J connectivity index is 1.82. The van der Waals surface area contributed by atoms with Crippen molar-refractivity contribution in [1.82, 2.24) is 9.80 Å². The van der Waals surface area contributed by atoms with Crippen LogP contribution in [0.4, 0.5) is 0 Å². The molecule has 0 bridgehead atoms. The van der Waals surface area contributed by atoms with Crippen LogP contribution in [0.5, 0.6) is 0 Å². The molecule has 0 aromatic carbocycles. The molecule has 1 aliphatic rings. The van der Waals surface area contributed by atoms with Gasteiger partial charge in [0.15, 0.2) is 0 Å². The highest BCUT2D eigenvalue weighted by atomic mass is 32.1. The maximum Gasteiger partial charge on any atom is 0.236 e. The zero-order valence-electron chi connectivity index (χ0n) is 12.1. The summed E-state index contributed by atoms with van der Waals surface area (Å²) in [5.41, 5.74) is 0. The number of likely N-dealkylation sites (N-methyl/N-ethyl adjacent to an activating group) is 1. The Morgan fingerprint density at radius 3 is 2.68 bits per heavy atom. The third-order valence-corrected chi connectivity index (χ3v) is 4.49. The van der Waals surface area contributed by atoms with Gasteiger partial charge >= 0.3 is 0 Å². The lowest BCUT2D eigenvalue weighted by atomic mass is 9.92. The number of hydrogen-bond acceptors (Lipinski definition) is 3. The maximum absolute atomic E-state index is 12.3. The van der Waals surface area contributed by atoms with Gasteiger partial charge in [0.2, 0.25) is 5.91 Å². The van der Waals surface area contributed by atoms with E-state index in [0.717, 1.165) is 19.6 Å². The Kier molecular flexibility index (Phi) is 4.99. The molecule has 106 valence electrons.